The molecule has 0 aromatic heterocycles. The Morgan fingerprint density at radius 3 is 1.43 bits per heavy atom. The molecular formula is C22H44O. The molecule has 0 aromatic carbocycles. The van der Waals surface area contributed by atoms with Crippen LogP contribution in [0.15, 0.2) is 12.7 Å². The molecule has 0 spiro atoms. The maximum absolute atomic E-state index is 3.92. The van der Waals surface area contributed by atoms with E-state index in [1.54, 1.807) is 38.5 Å². The second kappa shape index (κ2) is 9.25. The first-order chi connectivity index (χ1) is 10.8. The van der Waals surface area contributed by atoms with Crippen LogP contribution in [0.4, 0.5) is 0 Å². The second-order valence-electron chi connectivity index (χ2n) is 9.00. The van der Waals surface area contributed by atoms with Crippen LogP contribution < -0.4 is 0 Å². The average molecular weight is 325 g/mol. The Balaban J connectivity index is 0.00000192. The Morgan fingerprint density at radius 2 is 1.04 bits per heavy atom. The molecule has 0 aromatic rings. The third-order valence-corrected chi connectivity index (χ3v) is 7.60. The molecule has 3 fully saturated rings. The number of hydrogen-bond donors (Lipinski definition) is 0. The molecular weight excluding hydrogens is 280 g/mol. The van der Waals surface area contributed by atoms with Crippen LogP contribution in [0.1, 0.15) is 93.2 Å². The highest BCUT2D eigenvalue weighted by Gasteiger charge is 2.33. The van der Waals surface area contributed by atoms with E-state index in [9.17, 15) is 0 Å². The molecule has 0 bridgehead atoms. The van der Waals surface area contributed by atoms with Crippen LogP contribution >= 0.6 is 0 Å². The molecule has 3 rings (SSSR count). The van der Waals surface area contributed by atoms with Gasteiger partial charge >= 0.3 is 0 Å². The number of rotatable bonds is 4. The van der Waals surface area contributed by atoms with Crippen LogP contribution in [-0.2, 0) is 0 Å². The van der Waals surface area contributed by atoms with Crippen molar-refractivity contribution in [1.82, 2.24) is 0 Å². The lowest BCUT2D eigenvalue weighted by Gasteiger charge is -2.41. The molecule has 3 aliphatic carbocycles. The zero-order valence-corrected chi connectivity index (χ0v) is 15.4. The molecule has 138 valence electrons. The molecule has 0 aliphatic heterocycles. The highest BCUT2D eigenvalue weighted by molar-refractivity contribution is 4.86. The fourth-order valence-electron chi connectivity index (χ4n) is 5.98. The van der Waals surface area contributed by atoms with Crippen molar-refractivity contribution in [2.24, 2.45) is 35.5 Å². The molecule has 0 unspecified atom stereocenters. The van der Waals surface area contributed by atoms with Gasteiger partial charge in [0.25, 0.3) is 0 Å². The Morgan fingerprint density at radius 1 is 0.696 bits per heavy atom. The molecule has 0 radical (unpaired) electrons. The summed E-state index contributed by atoms with van der Waals surface area (Å²) in [5.41, 5.74) is 0. The molecule has 1 nitrogen and oxygen atoms in total. The highest BCUT2D eigenvalue weighted by Crippen LogP contribution is 2.46. The first kappa shape index (κ1) is 19.0. The molecule has 3 aliphatic rings. The van der Waals surface area contributed by atoms with Crippen LogP contribution in [0.3, 0.4) is 0 Å². The first-order valence-electron chi connectivity index (χ1n) is 10.4. The van der Waals surface area contributed by atoms with Gasteiger partial charge in [-0.3, -0.25) is 0 Å². The summed E-state index contributed by atoms with van der Waals surface area (Å²) in [6.45, 7) is 6.38. The predicted molar refractivity (Wildman–Crippen MR) is 105 cm³/mol. The number of allylic oxidation sites excluding steroid dienone is 1. The normalized spacial score (nSPS) is 41.8. The van der Waals surface area contributed by atoms with Gasteiger partial charge in [0.15, 0.2) is 0 Å². The van der Waals surface area contributed by atoms with Crippen molar-refractivity contribution in [3.05, 3.63) is 12.7 Å². The van der Waals surface area contributed by atoms with E-state index in [2.05, 4.69) is 19.6 Å². The summed E-state index contributed by atoms with van der Waals surface area (Å²) in [4.78, 5) is 0. The Kier molecular flexibility index (Phi) is 7.66. The van der Waals surface area contributed by atoms with E-state index in [-0.39, 0.29) is 8.33 Å². The fourth-order valence-corrected chi connectivity index (χ4v) is 5.98. The highest BCUT2D eigenvalue weighted by atomic mass is 16.0. The third kappa shape index (κ3) is 5.08. The Labute approximate surface area is 147 Å². The molecule has 1 heteroatoms. The summed E-state index contributed by atoms with van der Waals surface area (Å²) in [6.07, 6.45) is 21.8. The monoisotopic (exact) mass is 324 g/mol. The fraction of sp³-hybridized carbons (Fsp3) is 0.909. The largest absolute Gasteiger partial charge is 0.412 e. The van der Waals surface area contributed by atoms with Crippen molar-refractivity contribution in [3.63, 3.8) is 0 Å². The molecule has 0 saturated heterocycles. The van der Waals surface area contributed by atoms with E-state index in [1.807, 2.05) is 0 Å². The zero-order valence-electron chi connectivity index (χ0n) is 15.4. The van der Waals surface area contributed by atoms with Gasteiger partial charge in [0, 0.05) is 2.85 Å². The van der Waals surface area contributed by atoms with Gasteiger partial charge in [0.1, 0.15) is 0 Å². The molecule has 0 amide bonds. The lowest BCUT2D eigenvalue weighted by atomic mass is 9.65. The summed E-state index contributed by atoms with van der Waals surface area (Å²) in [5, 5.41) is 0. The van der Waals surface area contributed by atoms with Crippen molar-refractivity contribution < 1.29 is 8.33 Å². The van der Waals surface area contributed by atoms with Gasteiger partial charge in [0.05, 0.1) is 0 Å². The second-order valence-corrected chi connectivity index (χ2v) is 9.00. The van der Waals surface area contributed by atoms with Gasteiger partial charge < -0.3 is 5.48 Å². The maximum atomic E-state index is 3.92. The van der Waals surface area contributed by atoms with Crippen molar-refractivity contribution in [2.45, 2.75) is 90.4 Å². The summed E-state index contributed by atoms with van der Waals surface area (Å²) < 4.78 is 0. The number of hydrogen-bond acceptors (Lipinski definition) is 0. The van der Waals surface area contributed by atoms with E-state index in [1.165, 1.54) is 44.9 Å². The van der Waals surface area contributed by atoms with E-state index < -0.39 is 0 Å². The minimum absolute atomic E-state index is 0. The lowest BCUT2D eigenvalue weighted by molar-refractivity contribution is 0.106. The van der Waals surface area contributed by atoms with Crippen LogP contribution in [0.25, 0.3) is 0 Å². The lowest BCUT2D eigenvalue weighted by Crippen LogP contribution is -2.29. The van der Waals surface area contributed by atoms with Gasteiger partial charge in [-0.1, -0.05) is 25.8 Å². The summed E-state index contributed by atoms with van der Waals surface area (Å²) in [6, 6.07) is 0. The van der Waals surface area contributed by atoms with Crippen molar-refractivity contribution in [2.75, 3.05) is 0 Å². The van der Waals surface area contributed by atoms with E-state index in [0.717, 1.165) is 35.5 Å². The summed E-state index contributed by atoms with van der Waals surface area (Å²) >= 11 is 0. The average Bonchev–Trinajstić information content (AvgIpc) is 2.57. The third-order valence-electron chi connectivity index (χ3n) is 7.60. The van der Waals surface area contributed by atoms with Gasteiger partial charge in [-0.2, -0.15) is 0 Å². The van der Waals surface area contributed by atoms with E-state index in [0.29, 0.717) is 0 Å². The van der Waals surface area contributed by atoms with Crippen LogP contribution in [0.5, 0.6) is 0 Å². The summed E-state index contributed by atoms with van der Waals surface area (Å²) in [7, 11) is 0. The standard InChI is InChI=1S/C22H38.H2O.2H2/c1-3-4-18-7-11-20(12-8-18)22-15-13-21(14-16-22)19-9-5-17(2)6-10-19;;;/h3,17-22H,1,4-16H2,2H3;1H2;2*1H. The van der Waals surface area contributed by atoms with Crippen LogP contribution in [0, 0.1) is 35.5 Å². The minimum atomic E-state index is 0. The SMILES string of the molecule is C=CCC1CCC(C2CCC(C3CCC(C)CC3)CC2)CC1.O.[HH].[HH]. The molecule has 3 saturated carbocycles. The zero-order chi connectivity index (χ0) is 15.4. The smallest absolute Gasteiger partial charge is 0 e. The van der Waals surface area contributed by atoms with Crippen LogP contribution in [-0.4, -0.2) is 5.48 Å². The van der Waals surface area contributed by atoms with Gasteiger partial charge in [0.2, 0.25) is 0 Å². The molecule has 2 N–H and O–H groups in total. The van der Waals surface area contributed by atoms with Crippen molar-refractivity contribution in [3.8, 4) is 0 Å². The Hall–Kier alpha value is -0.300. The van der Waals surface area contributed by atoms with Crippen molar-refractivity contribution in [1.29, 1.82) is 0 Å². The van der Waals surface area contributed by atoms with Gasteiger partial charge in [-0.05, 0) is 106 Å². The molecule has 0 heterocycles. The molecule has 0 atom stereocenters. The van der Waals surface area contributed by atoms with E-state index >= 15 is 0 Å². The first-order valence-corrected chi connectivity index (χ1v) is 10.4. The van der Waals surface area contributed by atoms with E-state index in [4.69, 9.17) is 0 Å². The van der Waals surface area contributed by atoms with Crippen molar-refractivity contribution >= 4 is 0 Å². The Bertz CT molecular complexity index is 336. The van der Waals surface area contributed by atoms with Gasteiger partial charge in [-0.25, -0.2) is 0 Å². The topological polar surface area (TPSA) is 31.5 Å². The predicted octanol–water partition coefficient (Wildman–Crippen LogP) is 6.67. The maximum Gasteiger partial charge on any atom is 0 e. The minimum Gasteiger partial charge on any atom is -0.412 e. The van der Waals surface area contributed by atoms with Gasteiger partial charge in [-0.15, -0.1) is 6.58 Å². The quantitative estimate of drug-likeness (QED) is 0.517. The summed E-state index contributed by atoms with van der Waals surface area (Å²) in [5.74, 6) is 6.34. The van der Waals surface area contributed by atoms with Crippen LogP contribution in [0.2, 0.25) is 0 Å². The molecule has 23 heavy (non-hydrogen) atoms.